The molecule has 0 heterocycles. The first-order chi connectivity index (χ1) is 7.27. The minimum absolute atomic E-state index is 0.134. The Kier molecular flexibility index (Phi) is 5.76. The molecule has 1 atom stereocenters. The van der Waals surface area contributed by atoms with Crippen LogP contribution in [0.25, 0.3) is 0 Å². The molecule has 84 valence electrons. The summed E-state index contributed by atoms with van der Waals surface area (Å²) in [6, 6.07) is 8.67. The van der Waals surface area contributed by atoms with Crippen LogP contribution in [0.5, 0.6) is 0 Å². The lowest BCUT2D eigenvalue weighted by molar-refractivity contribution is 0.617. The first-order valence-electron chi connectivity index (χ1n) is 5.46. The summed E-state index contributed by atoms with van der Waals surface area (Å²) in [6.07, 6.45) is 1.96. The average Bonchev–Trinajstić information content (AvgIpc) is 2.27. The molecule has 0 fully saturated rings. The normalized spacial score (nSPS) is 12.7. The van der Waals surface area contributed by atoms with E-state index in [1.807, 2.05) is 11.8 Å². The fourth-order valence-corrected chi connectivity index (χ4v) is 2.14. The Morgan fingerprint density at radius 1 is 1.27 bits per heavy atom. The van der Waals surface area contributed by atoms with Crippen LogP contribution >= 0.6 is 11.8 Å². The summed E-state index contributed by atoms with van der Waals surface area (Å²) in [5.74, 6) is 1.11. The standard InChI is InChI=1S/C12H20N2S/c1-2-15-11-7-5-10(6-8-11)12(14)4-3-9-13/h5-8,12H,2-4,9,13-14H2,1H3. The molecule has 4 N–H and O–H groups in total. The number of hydrogen-bond acceptors (Lipinski definition) is 3. The predicted molar refractivity (Wildman–Crippen MR) is 68.1 cm³/mol. The van der Waals surface area contributed by atoms with Gasteiger partial charge < -0.3 is 11.5 Å². The van der Waals surface area contributed by atoms with Gasteiger partial charge in [0.05, 0.1) is 0 Å². The van der Waals surface area contributed by atoms with Gasteiger partial charge in [-0.05, 0) is 42.8 Å². The van der Waals surface area contributed by atoms with Crippen LogP contribution in [0, 0.1) is 0 Å². The molecule has 0 amide bonds. The highest BCUT2D eigenvalue weighted by molar-refractivity contribution is 7.99. The van der Waals surface area contributed by atoms with Gasteiger partial charge >= 0.3 is 0 Å². The van der Waals surface area contributed by atoms with Crippen LogP contribution in [-0.4, -0.2) is 12.3 Å². The lowest BCUT2D eigenvalue weighted by Gasteiger charge is -2.11. The van der Waals surface area contributed by atoms with Gasteiger partial charge in [-0.15, -0.1) is 11.8 Å². The maximum atomic E-state index is 6.04. The molecule has 3 heteroatoms. The molecule has 1 unspecified atom stereocenters. The van der Waals surface area contributed by atoms with E-state index in [2.05, 4.69) is 31.2 Å². The molecule has 15 heavy (non-hydrogen) atoms. The molecule has 0 aliphatic carbocycles. The molecule has 0 radical (unpaired) electrons. The Hall–Kier alpha value is -0.510. The molecule has 1 rings (SSSR count). The molecule has 0 bridgehead atoms. The van der Waals surface area contributed by atoms with Crippen molar-refractivity contribution < 1.29 is 0 Å². The van der Waals surface area contributed by atoms with Crippen molar-refractivity contribution in [3.8, 4) is 0 Å². The van der Waals surface area contributed by atoms with Crippen LogP contribution in [0.2, 0.25) is 0 Å². The summed E-state index contributed by atoms with van der Waals surface area (Å²) >= 11 is 1.85. The van der Waals surface area contributed by atoms with E-state index in [0.29, 0.717) is 0 Å². The van der Waals surface area contributed by atoms with E-state index >= 15 is 0 Å². The van der Waals surface area contributed by atoms with Gasteiger partial charge in [-0.1, -0.05) is 19.1 Å². The Morgan fingerprint density at radius 3 is 2.47 bits per heavy atom. The largest absolute Gasteiger partial charge is 0.330 e. The molecule has 0 aromatic heterocycles. The zero-order valence-electron chi connectivity index (χ0n) is 9.28. The summed E-state index contributed by atoms with van der Waals surface area (Å²) in [5.41, 5.74) is 12.7. The SMILES string of the molecule is CCSc1ccc(C(N)CCCN)cc1. The molecule has 2 nitrogen and oxygen atoms in total. The van der Waals surface area contributed by atoms with E-state index in [-0.39, 0.29) is 6.04 Å². The monoisotopic (exact) mass is 224 g/mol. The molecule has 0 saturated heterocycles. The summed E-state index contributed by atoms with van der Waals surface area (Å²) < 4.78 is 0. The van der Waals surface area contributed by atoms with Gasteiger partial charge in [0.25, 0.3) is 0 Å². The number of hydrogen-bond donors (Lipinski definition) is 2. The first-order valence-corrected chi connectivity index (χ1v) is 6.45. The highest BCUT2D eigenvalue weighted by Crippen LogP contribution is 2.21. The second-order valence-corrected chi connectivity index (χ2v) is 4.88. The van der Waals surface area contributed by atoms with Crippen molar-refractivity contribution in [3.63, 3.8) is 0 Å². The van der Waals surface area contributed by atoms with Crippen LogP contribution in [0.3, 0.4) is 0 Å². The minimum Gasteiger partial charge on any atom is -0.330 e. The minimum atomic E-state index is 0.134. The van der Waals surface area contributed by atoms with Crippen molar-refractivity contribution in [3.05, 3.63) is 29.8 Å². The van der Waals surface area contributed by atoms with Crippen molar-refractivity contribution in [1.82, 2.24) is 0 Å². The van der Waals surface area contributed by atoms with Crippen molar-refractivity contribution in [2.24, 2.45) is 11.5 Å². The molecule has 0 spiro atoms. The van der Waals surface area contributed by atoms with Gasteiger partial charge in [-0.25, -0.2) is 0 Å². The van der Waals surface area contributed by atoms with E-state index in [0.717, 1.165) is 25.1 Å². The molecule has 0 saturated carbocycles. The van der Waals surface area contributed by atoms with E-state index < -0.39 is 0 Å². The third kappa shape index (κ3) is 4.24. The van der Waals surface area contributed by atoms with Crippen LogP contribution in [0.4, 0.5) is 0 Å². The number of benzene rings is 1. The second-order valence-electron chi connectivity index (χ2n) is 3.54. The quantitative estimate of drug-likeness (QED) is 0.730. The molecule has 1 aromatic rings. The maximum Gasteiger partial charge on any atom is 0.0295 e. The fraction of sp³-hybridized carbons (Fsp3) is 0.500. The second kappa shape index (κ2) is 6.88. The maximum absolute atomic E-state index is 6.04. The highest BCUT2D eigenvalue weighted by atomic mass is 32.2. The Bertz CT molecular complexity index is 271. The van der Waals surface area contributed by atoms with E-state index in [9.17, 15) is 0 Å². The van der Waals surface area contributed by atoms with Gasteiger partial charge in [-0.3, -0.25) is 0 Å². The smallest absolute Gasteiger partial charge is 0.0295 e. The van der Waals surface area contributed by atoms with Gasteiger partial charge in [0.15, 0.2) is 0 Å². The van der Waals surface area contributed by atoms with Crippen molar-refractivity contribution in [2.45, 2.75) is 30.7 Å². The molecule has 0 aliphatic rings. The number of nitrogens with two attached hydrogens (primary N) is 2. The van der Waals surface area contributed by atoms with Gasteiger partial charge in [-0.2, -0.15) is 0 Å². The molecule has 1 aromatic carbocycles. The predicted octanol–water partition coefficient (Wildman–Crippen LogP) is 2.54. The van der Waals surface area contributed by atoms with Crippen LogP contribution in [-0.2, 0) is 0 Å². The summed E-state index contributed by atoms with van der Waals surface area (Å²) in [5, 5.41) is 0. The molecular formula is C12H20N2S. The summed E-state index contributed by atoms with van der Waals surface area (Å²) in [6.45, 7) is 2.88. The van der Waals surface area contributed by atoms with Crippen LogP contribution in [0.1, 0.15) is 31.4 Å². The third-order valence-electron chi connectivity index (χ3n) is 2.34. The van der Waals surface area contributed by atoms with Gasteiger partial charge in [0, 0.05) is 10.9 Å². The van der Waals surface area contributed by atoms with Crippen molar-refractivity contribution in [2.75, 3.05) is 12.3 Å². The highest BCUT2D eigenvalue weighted by Gasteiger charge is 2.04. The average molecular weight is 224 g/mol. The fourth-order valence-electron chi connectivity index (χ4n) is 1.48. The van der Waals surface area contributed by atoms with E-state index in [4.69, 9.17) is 11.5 Å². The van der Waals surface area contributed by atoms with Gasteiger partial charge in [0.1, 0.15) is 0 Å². The molecule has 0 aliphatic heterocycles. The van der Waals surface area contributed by atoms with Crippen LogP contribution < -0.4 is 11.5 Å². The lowest BCUT2D eigenvalue weighted by Crippen LogP contribution is -2.12. The number of thioether (sulfide) groups is 1. The van der Waals surface area contributed by atoms with Crippen LogP contribution in [0.15, 0.2) is 29.2 Å². The summed E-state index contributed by atoms with van der Waals surface area (Å²) in [4.78, 5) is 1.31. The summed E-state index contributed by atoms with van der Waals surface area (Å²) in [7, 11) is 0. The molecular weight excluding hydrogens is 204 g/mol. The Balaban J connectivity index is 2.54. The topological polar surface area (TPSA) is 52.0 Å². The van der Waals surface area contributed by atoms with Gasteiger partial charge in [0.2, 0.25) is 0 Å². The van der Waals surface area contributed by atoms with E-state index in [1.165, 1.54) is 10.5 Å². The zero-order valence-corrected chi connectivity index (χ0v) is 10.1. The van der Waals surface area contributed by atoms with Crippen molar-refractivity contribution in [1.29, 1.82) is 0 Å². The lowest BCUT2D eigenvalue weighted by atomic mass is 10.0. The zero-order chi connectivity index (χ0) is 11.1. The Labute approximate surface area is 96.4 Å². The third-order valence-corrected chi connectivity index (χ3v) is 3.23. The Morgan fingerprint density at radius 2 is 1.93 bits per heavy atom. The van der Waals surface area contributed by atoms with E-state index in [1.54, 1.807) is 0 Å². The van der Waals surface area contributed by atoms with Crippen molar-refractivity contribution >= 4 is 11.8 Å². The first kappa shape index (κ1) is 12.6. The number of rotatable bonds is 6.